The van der Waals surface area contributed by atoms with Gasteiger partial charge in [-0.3, -0.25) is 13.9 Å². The molecule has 0 spiro atoms. The molecule has 0 bridgehead atoms. The Labute approximate surface area is 223 Å². The predicted molar refractivity (Wildman–Crippen MR) is 144 cm³/mol. The van der Waals surface area contributed by atoms with Crippen molar-refractivity contribution in [1.29, 1.82) is 0 Å². The van der Waals surface area contributed by atoms with Gasteiger partial charge in [0.15, 0.2) is 0 Å². The average molecular weight is 542 g/mol. The Bertz CT molecular complexity index is 1340. The number of carbonyl (C=O) groups excluding carboxylic acids is 2. The van der Waals surface area contributed by atoms with Crippen LogP contribution in [0.2, 0.25) is 0 Å². The van der Waals surface area contributed by atoms with Crippen molar-refractivity contribution < 1.29 is 27.1 Å². The maximum absolute atomic E-state index is 13.8. The Morgan fingerprint density at radius 1 is 0.974 bits per heavy atom. The van der Waals surface area contributed by atoms with Gasteiger partial charge in [0.1, 0.15) is 24.2 Å². The van der Waals surface area contributed by atoms with Crippen LogP contribution in [0.1, 0.15) is 24.5 Å². The van der Waals surface area contributed by atoms with Gasteiger partial charge in [-0.25, -0.2) is 12.8 Å². The number of rotatable bonds is 11. The first-order valence-electron chi connectivity index (χ1n) is 12.1. The molecule has 8 nitrogen and oxygen atoms in total. The van der Waals surface area contributed by atoms with E-state index >= 15 is 0 Å². The maximum atomic E-state index is 13.8. The fourth-order valence-electron chi connectivity index (χ4n) is 3.99. The van der Waals surface area contributed by atoms with Crippen molar-refractivity contribution in [2.45, 2.75) is 37.8 Å². The zero-order valence-corrected chi connectivity index (χ0v) is 22.7. The highest BCUT2D eigenvalue weighted by Crippen LogP contribution is 2.26. The van der Waals surface area contributed by atoms with Crippen LogP contribution in [0.25, 0.3) is 0 Å². The Hall–Kier alpha value is -3.92. The normalized spacial score (nSPS) is 11.9. The van der Waals surface area contributed by atoms with E-state index in [0.29, 0.717) is 23.4 Å². The summed E-state index contributed by atoms with van der Waals surface area (Å²) in [7, 11) is -1.23. The van der Waals surface area contributed by atoms with Gasteiger partial charge < -0.3 is 15.0 Å². The number of amides is 2. The molecule has 0 aromatic heterocycles. The molecule has 1 N–H and O–H groups in total. The van der Waals surface area contributed by atoms with Gasteiger partial charge in [0.25, 0.3) is 10.0 Å². The number of carbonyl (C=O) groups is 2. The number of hydrogen-bond donors (Lipinski definition) is 1. The molecule has 0 aliphatic carbocycles. The fourth-order valence-corrected chi connectivity index (χ4v) is 5.40. The Morgan fingerprint density at radius 2 is 1.58 bits per heavy atom. The Balaban J connectivity index is 2.04. The predicted octanol–water partition coefficient (Wildman–Crippen LogP) is 3.89. The van der Waals surface area contributed by atoms with Crippen molar-refractivity contribution in [3.05, 3.63) is 89.7 Å². The zero-order chi connectivity index (χ0) is 27.9. The second-order valence-electron chi connectivity index (χ2n) is 8.71. The van der Waals surface area contributed by atoms with Crippen molar-refractivity contribution in [3.63, 3.8) is 0 Å². The van der Waals surface area contributed by atoms with Crippen LogP contribution in [-0.4, -0.2) is 51.9 Å². The molecule has 3 rings (SSSR count). The minimum atomic E-state index is -4.18. The largest absolute Gasteiger partial charge is 0.497 e. The lowest BCUT2D eigenvalue weighted by atomic mass is 10.1. The molecule has 38 heavy (non-hydrogen) atoms. The lowest BCUT2D eigenvalue weighted by Gasteiger charge is -2.33. The van der Waals surface area contributed by atoms with Crippen LogP contribution in [0.5, 0.6) is 5.75 Å². The molecule has 202 valence electrons. The smallest absolute Gasteiger partial charge is 0.264 e. The summed E-state index contributed by atoms with van der Waals surface area (Å²) in [6.07, 6.45) is 0.294. The molecule has 0 fully saturated rings. The van der Waals surface area contributed by atoms with Crippen LogP contribution in [0.4, 0.5) is 10.1 Å². The van der Waals surface area contributed by atoms with Crippen molar-refractivity contribution in [2.24, 2.45) is 0 Å². The quantitative estimate of drug-likeness (QED) is 0.397. The van der Waals surface area contributed by atoms with Gasteiger partial charge in [-0.2, -0.15) is 0 Å². The average Bonchev–Trinajstić information content (AvgIpc) is 2.92. The molecule has 0 aliphatic heterocycles. The molecule has 0 radical (unpaired) electrons. The molecule has 3 aromatic rings. The monoisotopic (exact) mass is 541 g/mol. The van der Waals surface area contributed by atoms with Crippen molar-refractivity contribution >= 4 is 27.5 Å². The number of benzene rings is 3. The van der Waals surface area contributed by atoms with Crippen LogP contribution in [0, 0.1) is 12.7 Å². The molecular weight excluding hydrogens is 509 g/mol. The van der Waals surface area contributed by atoms with Gasteiger partial charge in [0.2, 0.25) is 11.8 Å². The molecule has 2 amide bonds. The van der Waals surface area contributed by atoms with Gasteiger partial charge >= 0.3 is 0 Å². The van der Waals surface area contributed by atoms with Gasteiger partial charge in [-0.05, 0) is 67.4 Å². The van der Waals surface area contributed by atoms with Gasteiger partial charge in [0, 0.05) is 13.6 Å². The van der Waals surface area contributed by atoms with E-state index in [9.17, 15) is 22.4 Å². The van der Waals surface area contributed by atoms with Crippen LogP contribution in [-0.2, 0) is 26.2 Å². The van der Waals surface area contributed by atoms with E-state index in [0.717, 1.165) is 9.87 Å². The third kappa shape index (κ3) is 6.69. The Kier molecular flexibility index (Phi) is 9.46. The van der Waals surface area contributed by atoms with E-state index < -0.39 is 34.3 Å². The third-order valence-corrected chi connectivity index (χ3v) is 7.93. The number of aryl methyl sites for hydroxylation is 1. The van der Waals surface area contributed by atoms with Crippen LogP contribution < -0.4 is 14.4 Å². The molecule has 0 saturated carbocycles. The van der Waals surface area contributed by atoms with E-state index in [2.05, 4.69) is 5.32 Å². The van der Waals surface area contributed by atoms with Crippen molar-refractivity contribution in [1.82, 2.24) is 10.2 Å². The van der Waals surface area contributed by atoms with E-state index in [-0.39, 0.29) is 17.3 Å². The summed E-state index contributed by atoms with van der Waals surface area (Å²) in [6, 6.07) is 17.4. The summed E-state index contributed by atoms with van der Waals surface area (Å²) in [5, 5.41) is 2.57. The molecule has 1 atom stereocenters. The first kappa shape index (κ1) is 28.6. The van der Waals surface area contributed by atoms with E-state index in [4.69, 9.17) is 4.74 Å². The van der Waals surface area contributed by atoms with Gasteiger partial charge in [-0.1, -0.05) is 36.8 Å². The number of nitrogens with zero attached hydrogens (tertiary/aromatic N) is 2. The number of ether oxygens (including phenoxy) is 1. The molecule has 0 unspecified atom stereocenters. The van der Waals surface area contributed by atoms with Crippen LogP contribution in [0.15, 0.2) is 77.7 Å². The Morgan fingerprint density at radius 3 is 2.11 bits per heavy atom. The fraction of sp³-hybridized carbons (Fsp3) is 0.286. The first-order chi connectivity index (χ1) is 18.1. The summed E-state index contributed by atoms with van der Waals surface area (Å²) in [6.45, 7) is 3.08. The maximum Gasteiger partial charge on any atom is 0.264 e. The van der Waals surface area contributed by atoms with Crippen molar-refractivity contribution in [3.8, 4) is 5.75 Å². The molecule has 10 heteroatoms. The SMILES string of the molecule is CC[C@@H](C(=O)NC)N(Cc1ccc(F)cc1)C(=O)CN(c1ccc(C)cc1)S(=O)(=O)c1ccc(OC)cc1. The van der Waals surface area contributed by atoms with E-state index in [1.165, 1.54) is 67.6 Å². The van der Waals surface area contributed by atoms with Crippen LogP contribution in [0.3, 0.4) is 0 Å². The summed E-state index contributed by atoms with van der Waals surface area (Å²) in [5.74, 6) is -0.907. The highest BCUT2D eigenvalue weighted by atomic mass is 32.2. The third-order valence-electron chi connectivity index (χ3n) is 6.15. The number of methoxy groups -OCH3 is 1. The number of hydrogen-bond acceptors (Lipinski definition) is 5. The van der Waals surface area contributed by atoms with Crippen LogP contribution >= 0.6 is 0 Å². The molecular formula is C28H32FN3O5S. The number of anilines is 1. The molecule has 0 heterocycles. The second kappa shape index (κ2) is 12.6. The minimum absolute atomic E-state index is 0.00460. The number of halogens is 1. The lowest BCUT2D eigenvalue weighted by Crippen LogP contribution is -2.51. The first-order valence-corrected chi connectivity index (χ1v) is 13.5. The summed E-state index contributed by atoms with van der Waals surface area (Å²) < 4.78 is 47.3. The number of sulfonamides is 1. The second-order valence-corrected chi connectivity index (χ2v) is 10.6. The van der Waals surface area contributed by atoms with Gasteiger partial charge in [-0.15, -0.1) is 0 Å². The highest BCUT2D eigenvalue weighted by molar-refractivity contribution is 7.92. The zero-order valence-electron chi connectivity index (χ0n) is 21.8. The topological polar surface area (TPSA) is 96.0 Å². The summed E-state index contributed by atoms with van der Waals surface area (Å²) in [5.41, 5.74) is 1.82. The number of likely N-dealkylation sites (N-methyl/N-ethyl adjacent to an activating group) is 1. The summed E-state index contributed by atoms with van der Waals surface area (Å²) >= 11 is 0. The standard InChI is InChI=1S/C28H32FN3O5S/c1-5-26(28(34)30-3)31(18-21-8-10-22(29)11-9-21)27(33)19-32(23-12-6-20(2)7-13-23)38(35,36)25-16-14-24(37-4)15-17-25/h6-17,26H,5,18-19H2,1-4H3,(H,30,34)/t26-/m0/s1. The minimum Gasteiger partial charge on any atom is -0.497 e. The molecule has 0 aliphatic rings. The number of nitrogens with one attached hydrogen (secondary N) is 1. The molecule has 0 saturated heterocycles. The molecule has 3 aromatic carbocycles. The summed E-state index contributed by atoms with van der Waals surface area (Å²) in [4.78, 5) is 27.8. The van der Waals surface area contributed by atoms with E-state index in [1.54, 1.807) is 31.2 Å². The lowest BCUT2D eigenvalue weighted by molar-refractivity contribution is -0.140. The highest BCUT2D eigenvalue weighted by Gasteiger charge is 2.33. The van der Waals surface area contributed by atoms with Gasteiger partial charge in [0.05, 0.1) is 17.7 Å². The van der Waals surface area contributed by atoms with Crippen molar-refractivity contribution in [2.75, 3.05) is 25.0 Å². The van der Waals surface area contributed by atoms with E-state index in [1.807, 2.05) is 6.92 Å².